The molecular weight excluding hydrogens is 482 g/mol. The fourth-order valence-electron chi connectivity index (χ4n) is 3.12. The van der Waals surface area contributed by atoms with E-state index in [0.29, 0.717) is 21.5 Å². The summed E-state index contributed by atoms with van der Waals surface area (Å²) in [5, 5.41) is 13.1. The number of aryl methyl sites for hydroxylation is 1. The molecule has 1 saturated heterocycles. The number of nitrogens with zero attached hydrogens (tertiary/aromatic N) is 2. The Balaban J connectivity index is 1.66. The normalized spacial score (nSPS) is 15.2. The Morgan fingerprint density at radius 1 is 1.06 bits per heavy atom. The Bertz CT molecular complexity index is 1310. The molecule has 3 aromatic rings. The van der Waals surface area contributed by atoms with Crippen LogP contribution in [0.25, 0.3) is 17.4 Å². The molecule has 2 aromatic carbocycles. The first-order valence-corrected chi connectivity index (χ1v) is 10.1. The van der Waals surface area contributed by atoms with Crippen molar-refractivity contribution in [3.8, 4) is 11.3 Å². The highest BCUT2D eigenvalue weighted by molar-refractivity contribution is 9.10. The molecule has 4 amide bonds. The highest BCUT2D eigenvalue weighted by Gasteiger charge is 2.37. The molecule has 160 valence electrons. The number of nitro benzene ring substituents is 1. The van der Waals surface area contributed by atoms with Crippen molar-refractivity contribution in [3.05, 3.63) is 86.1 Å². The first kappa shape index (κ1) is 21.2. The summed E-state index contributed by atoms with van der Waals surface area (Å²) < 4.78 is 6.17. The molecular formula is C22H14BrN3O6. The van der Waals surface area contributed by atoms with E-state index < -0.39 is 22.8 Å². The van der Waals surface area contributed by atoms with Crippen LogP contribution in [0.5, 0.6) is 0 Å². The number of benzene rings is 2. The number of anilines is 1. The SMILES string of the molecule is Cc1ccc(N2C(=O)NC(=O)/C(=C/c3ccc(-c4ccc([N+](=O)[O-])cc4Br)o3)C2=O)cc1. The first-order chi connectivity index (χ1) is 15.2. The Kier molecular flexibility index (Phi) is 5.45. The number of nitro groups is 1. The van der Waals surface area contributed by atoms with Crippen molar-refractivity contribution in [2.75, 3.05) is 4.90 Å². The average Bonchev–Trinajstić information content (AvgIpc) is 3.20. The summed E-state index contributed by atoms with van der Waals surface area (Å²) in [4.78, 5) is 48.8. The van der Waals surface area contributed by atoms with Crippen LogP contribution in [0.1, 0.15) is 11.3 Å². The molecule has 0 unspecified atom stereocenters. The van der Waals surface area contributed by atoms with E-state index in [1.165, 1.54) is 24.3 Å². The average molecular weight is 496 g/mol. The van der Waals surface area contributed by atoms with Crippen molar-refractivity contribution in [3.63, 3.8) is 0 Å². The fraction of sp³-hybridized carbons (Fsp3) is 0.0455. The van der Waals surface area contributed by atoms with Gasteiger partial charge in [-0.2, -0.15) is 0 Å². The number of amides is 4. The lowest BCUT2D eigenvalue weighted by Gasteiger charge is -2.26. The number of carbonyl (C=O) groups excluding carboxylic acids is 3. The van der Waals surface area contributed by atoms with E-state index in [1.54, 1.807) is 36.4 Å². The van der Waals surface area contributed by atoms with Crippen molar-refractivity contribution in [1.29, 1.82) is 0 Å². The van der Waals surface area contributed by atoms with Gasteiger partial charge in [-0.05, 0) is 59.3 Å². The number of hydrogen-bond acceptors (Lipinski definition) is 6. The highest BCUT2D eigenvalue weighted by atomic mass is 79.9. The Morgan fingerprint density at radius 3 is 2.44 bits per heavy atom. The van der Waals surface area contributed by atoms with Crippen LogP contribution in [0.4, 0.5) is 16.2 Å². The second-order valence-electron chi connectivity index (χ2n) is 6.92. The lowest BCUT2D eigenvalue weighted by molar-refractivity contribution is -0.384. The molecule has 0 spiro atoms. The Morgan fingerprint density at radius 2 is 1.78 bits per heavy atom. The van der Waals surface area contributed by atoms with Gasteiger partial charge in [-0.3, -0.25) is 25.0 Å². The van der Waals surface area contributed by atoms with Crippen LogP contribution >= 0.6 is 15.9 Å². The maximum atomic E-state index is 12.9. The molecule has 2 heterocycles. The number of urea groups is 1. The third-order valence-corrected chi connectivity index (χ3v) is 5.39. The Labute approximate surface area is 189 Å². The molecule has 1 N–H and O–H groups in total. The number of furan rings is 1. The number of carbonyl (C=O) groups is 3. The van der Waals surface area contributed by atoms with E-state index in [1.807, 2.05) is 6.92 Å². The number of barbiturate groups is 1. The van der Waals surface area contributed by atoms with Gasteiger partial charge in [-0.15, -0.1) is 0 Å². The number of hydrogen-bond donors (Lipinski definition) is 1. The van der Waals surface area contributed by atoms with Crippen molar-refractivity contribution in [2.24, 2.45) is 0 Å². The van der Waals surface area contributed by atoms with Gasteiger partial charge in [0.25, 0.3) is 17.5 Å². The molecule has 4 rings (SSSR count). The smallest absolute Gasteiger partial charge is 0.335 e. The standard InChI is InChI=1S/C22H14BrN3O6/c1-12-2-4-13(5-3-12)25-21(28)17(20(27)24-22(25)29)11-15-7-9-19(32-15)16-8-6-14(26(30)31)10-18(16)23/h2-11H,1H3,(H,24,27,29)/b17-11-. The monoisotopic (exact) mass is 495 g/mol. The molecule has 10 heteroatoms. The minimum Gasteiger partial charge on any atom is -0.457 e. The highest BCUT2D eigenvalue weighted by Crippen LogP contribution is 2.33. The largest absolute Gasteiger partial charge is 0.457 e. The van der Waals surface area contributed by atoms with Gasteiger partial charge in [-0.25, -0.2) is 9.69 Å². The summed E-state index contributed by atoms with van der Waals surface area (Å²) in [6, 6.07) is 13.2. The summed E-state index contributed by atoms with van der Waals surface area (Å²) in [6.45, 7) is 1.87. The van der Waals surface area contributed by atoms with E-state index in [4.69, 9.17) is 4.42 Å². The predicted molar refractivity (Wildman–Crippen MR) is 119 cm³/mol. The van der Waals surface area contributed by atoms with Crippen molar-refractivity contribution in [2.45, 2.75) is 6.92 Å². The molecule has 1 aliphatic heterocycles. The van der Waals surface area contributed by atoms with Gasteiger partial charge in [0.2, 0.25) is 0 Å². The second-order valence-corrected chi connectivity index (χ2v) is 7.77. The van der Waals surface area contributed by atoms with Gasteiger partial charge >= 0.3 is 6.03 Å². The summed E-state index contributed by atoms with van der Waals surface area (Å²) in [5.74, 6) is -1.05. The topological polar surface area (TPSA) is 123 Å². The van der Waals surface area contributed by atoms with Gasteiger partial charge in [0.15, 0.2) is 0 Å². The molecule has 0 aliphatic carbocycles. The fourth-order valence-corrected chi connectivity index (χ4v) is 3.68. The van der Waals surface area contributed by atoms with E-state index in [2.05, 4.69) is 21.2 Å². The predicted octanol–water partition coefficient (Wildman–Crippen LogP) is 4.59. The maximum absolute atomic E-state index is 12.9. The Hall–Kier alpha value is -4.05. The van der Waals surface area contributed by atoms with E-state index >= 15 is 0 Å². The van der Waals surface area contributed by atoms with Gasteiger partial charge < -0.3 is 4.42 Å². The number of halogens is 1. The van der Waals surface area contributed by atoms with E-state index in [-0.39, 0.29) is 17.0 Å². The number of non-ortho nitro benzene ring substituents is 1. The second kappa shape index (κ2) is 8.23. The van der Waals surface area contributed by atoms with Gasteiger partial charge in [0, 0.05) is 22.2 Å². The minimum atomic E-state index is -0.837. The third-order valence-electron chi connectivity index (χ3n) is 4.74. The molecule has 0 saturated carbocycles. The molecule has 0 radical (unpaired) electrons. The molecule has 0 bridgehead atoms. The number of nitrogens with one attached hydrogen (secondary N) is 1. The summed E-state index contributed by atoms with van der Waals surface area (Å²) >= 11 is 3.28. The van der Waals surface area contributed by atoms with Gasteiger partial charge in [-0.1, -0.05) is 17.7 Å². The lowest BCUT2D eigenvalue weighted by atomic mass is 10.1. The molecule has 1 aliphatic rings. The van der Waals surface area contributed by atoms with Crippen molar-refractivity contribution < 1.29 is 23.7 Å². The minimum absolute atomic E-state index is 0.0835. The summed E-state index contributed by atoms with van der Waals surface area (Å²) in [6.07, 6.45) is 1.24. The third kappa shape index (κ3) is 3.95. The van der Waals surface area contributed by atoms with Crippen LogP contribution in [-0.4, -0.2) is 22.8 Å². The van der Waals surface area contributed by atoms with Crippen LogP contribution in [0.3, 0.4) is 0 Å². The number of rotatable bonds is 4. The van der Waals surface area contributed by atoms with Crippen molar-refractivity contribution >= 4 is 51.2 Å². The van der Waals surface area contributed by atoms with Crippen LogP contribution in [0, 0.1) is 17.0 Å². The van der Waals surface area contributed by atoms with Crippen LogP contribution in [0.2, 0.25) is 0 Å². The number of imide groups is 2. The molecule has 1 fully saturated rings. The molecule has 0 atom stereocenters. The maximum Gasteiger partial charge on any atom is 0.335 e. The quantitative estimate of drug-likeness (QED) is 0.244. The molecule has 9 nitrogen and oxygen atoms in total. The zero-order valence-electron chi connectivity index (χ0n) is 16.5. The zero-order chi connectivity index (χ0) is 23.0. The summed E-state index contributed by atoms with van der Waals surface area (Å²) in [5.41, 5.74) is 1.47. The van der Waals surface area contributed by atoms with Crippen LogP contribution < -0.4 is 10.2 Å². The van der Waals surface area contributed by atoms with Crippen LogP contribution in [0.15, 0.2) is 69.1 Å². The van der Waals surface area contributed by atoms with Crippen molar-refractivity contribution in [1.82, 2.24) is 5.32 Å². The van der Waals surface area contributed by atoms with Crippen LogP contribution in [-0.2, 0) is 9.59 Å². The lowest BCUT2D eigenvalue weighted by Crippen LogP contribution is -2.54. The van der Waals surface area contributed by atoms with Gasteiger partial charge in [0.05, 0.1) is 10.6 Å². The first-order valence-electron chi connectivity index (χ1n) is 9.27. The van der Waals surface area contributed by atoms with Gasteiger partial charge in [0.1, 0.15) is 17.1 Å². The molecule has 1 aromatic heterocycles. The zero-order valence-corrected chi connectivity index (χ0v) is 18.1. The summed E-state index contributed by atoms with van der Waals surface area (Å²) in [7, 11) is 0. The van der Waals surface area contributed by atoms with E-state index in [0.717, 1.165) is 10.5 Å². The molecule has 32 heavy (non-hydrogen) atoms. The van der Waals surface area contributed by atoms with E-state index in [9.17, 15) is 24.5 Å².